The summed E-state index contributed by atoms with van der Waals surface area (Å²) in [6.07, 6.45) is 0.394. The van der Waals surface area contributed by atoms with E-state index in [0.717, 1.165) is 12.0 Å². The summed E-state index contributed by atoms with van der Waals surface area (Å²) in [6.45, 7) is 2.85. The van der Waals surface area contributed by atoms with Gasteiger partial charge in [0.15, 0.2) is 0 Å². The van der Waals surface area contributed by atoms with Gasteiger partial charge in [0.2, 0.25) is 0 Å². The Kier molecular flexibility index (Phi) is 8.14. The summed E-state index contributed by atoms with van der Waals surface area (Å²) in [5.74, 6) is 0. The Morgan fingerprint density at radius 2 is 1.71 bits per heavy atom. The van der Waals surface area contributed by atoms with E-state index in [4.69, 9.17) is 16.3 Å². The van der Waals surface area contributed by atoms with Crippen LogP contribution in [-0.2, 0) is 17.7 Å². The molecule has 0 aliphatic rings. The van der Waals surface area contributed by atoms with E-state index in [2.05, 4.69) is 12.2 Å². The number of hydrogen-bond donors (Lipinski definition) is 1. The van der Waals surface area contributed by atoms with E-state index in [9.17, 15) is 9.59 Å². The fraction of sp³-hybridized carbons (Fsp3) is 0.333. The minimum Gasteiger partial charge on any atom is -0.447 e. The molecule has 0 aromatic heterocycles. The first kappa shape index (κ1) is 21.6. The normalized spacial score (nSPS) is 10.3. The number of nitrogens with zero attached hydrogens (tertiary/aromatic N) is 2. The predicted octanol–water partition coefficient (Wildman–Crippen LogP) is 4.63. The van der Waals surface area contributed by atoms with Crippen molar-refractivity contribution in [2.24, 2.45) is 0 Å². The van der Waals surface area contributed by atoms with Crippen LogP contribution in [-0.4, -0.2) is 49.2 Å². The molecule has 0 fully saturated rings. The molecule has 0 aliphatic carbocycles. The van der Waals surface area contributed by atoms with Gasteiger partial charge in [-0.15, -0.1) is 0 Å². The van der Waals surface area contributed by atoms with Crippen molar-refractivity contribution >= 4 is 29.4 Å². The third-order valence-electron chi connectivity index (χ3n) is 4.29. The lowest BCUT2D eigenvalue weighted by molar-refractivity contribution is 0.136. The average Bonchev–Trinajstić information content (AvgIpc) is 2.69. The second-order valence-corrected chi connectivity index (χ2v) is 6.87. The number of halogens is 1. The zero-order valence-corrected chi connectivity index (χ0v) is 17.2. The molecule has 0 radical (unpaired) electrons. The summed E-state index contributed by atoms with van der Waals surface area (Å²) < 4.78 is 5.16. The van der Waals surface area contributed by atoms with Crippen molar-refractivity contribution in [2.75, 3.05) is 32.6 Å². The van der Waals surface area contributed by atoms with E-state index < -0.39 is 6.09 Å². The molecular weight excluding hydrogens is 378 g/mol. The Balaban J connectivity index is 1.74. The maximum atomic E-state index is 12.4. The van der Waals surface area contributed by atoms with Crippen LogP contribution in [0.2, 0.25) is 5.02 Å². The fourth-order valence-corrected chi connectivity index (χ4v) is 2.79. The summed E-state index contributed by atoms with van der Waals surface area (Å²) in [4.78, 5) is 27.4. The number of amides is 3. The number of urea groups is 1. The lowest BCUT2D eigenvalue weighted by Crippen LogP contribution is -2.40. The molecule has 1 N–H and O–H groups in total. The molecule has 3 amide bonds. The molecule has 0 bridgehead atoms. The number of nitrogens with one attached hydrogen (secondary N) is 1. The fourth-order valence-electron chi connectivity index (χ4n) is 2.59. The van der Waals surface area contributed by atoms with E-state index in [1.165, 1.54) is 10.5 Å². The van der Waals surface area contributed by atoms with Crippen LogP contribution in [0.4, 0.5) is 15.3 Å². The number of ether oxygens (including phenoxy) is 1. The number of aryl methyl sites for hydroxylation is 1. The molecule has 0 aliphatic heterocycles. The summed E-state index contributed by atoms with van der Waals surface area (Å²) in [7, 11) is 3.37. The second-order valence-electron chi connectivity index (χ2n) is 6.46. The zero-order chi connectivity index (χ0) is 20.5. The Morgan fingerprint density at radius 1 is 1.04 bits per heavy atom. The molecule has 0 heterocycles. The van der Waals surface area contributed by atoms with E-state index in [-0.39, 0.29) is 19.2 Å². The highest BCUT2D eigenvalue weighted by atomic mass is 35.5. The number of carbonyl (C=O) groups excluding carboxylic acids is 2. The average molecular weight is 404 g/mol. The Bertz CT molecular complexity index is 796. The summed E-state index contributed by atoms with van der Waals surface area (Å²) in [5, 5.41) is 3.29. The standard InChI is InChI=1S/C21H26ClN3O3/c1-4-16-9-11-18(12-10-16)23-20(26)28-14-13-24(2)21(27)25(3)15-17-7-5-6-8-19(17)22/h5-12H,4,13-15H2,1-3H3,(H,23,26). The maximum Gasteiger partial charge on any atom is 0.411 e. The minimum atomic E-state index is -0.547. The van der Waals surface area contributed by atoms with Gasteiger partial charge in [-0.1, -0.05) is 48.9 Å². The van der Waals surface area contributed by atoms with Crippen LogP contribution >= 0.6 is 11.6 Å². The van der Waals surface area contributed by atoms with Gasteiger partial charge < -0.3 is 14.5 Å². The number of carbonyl (C=O) groups is 2. The third kappa shape index (κ3) is 6.46. The van der Waals surface area contributed by atoms with Gasteiger partial charge in [0.05, 0.1) is 6.54 Å². The Labute approximate surface area is 171 Å². The first-order chi connectivity index (χ1) is 13.4. The number of benzene rings is 2. The lowest BCUT2D eigenvalue weighted by atomic mass is 10.1. The molecule has 2 rings (SSSR count). The number of hydrogen-bond acceptors (Lipinski definition) is 3. The van der Waals surface area contributed by atoms with Crippen molar-refractivity contribution in [2.45, 2.75) is 19.9 Å². The van der Waals surface area contributed by atoms with Gasteiger partial charge in [0.25, 0.3) is 0 Å². The predicted molar refractivity (Wildman–Crippen MR) is 112 cm³/mol. The topological polar surface area (TPSA) is 61.9 Å². The van der Waals surface area contributed by atoms with Crippen LogP contribution in [0.1, 0.15) is 18.1 Å². The molecule has 0 atom stereocenters. The second kappa shape index (κ2) is 10.6. The van der Waals surface area contributed by atoms with Crippen LogP contribution in [0.5, 0.6) is 0 Å². The number of anilines is 1. The van der Waals surface area contributed by atoms with Crippen LogP contribution in [0.25, 0.3) is 0 Å². The molecule has 2 aromatic carbocycles. The first-order valence-corrected chi connectivity index (χ1v) is 9.51. The highest BCUT2D eigenvalue weighted by Crippen LogP contribution is 2.17. The summed E-state index contributed by atoms with van der Waals surface area (Å²) >= 11 is 6.14. The quantitative estimate of drug-likeness (QED) is 0.732. The Hall–Kier alpha value is -2.73. The van der Waals surface area contributed by atoms with Crippen molar-refractivity contribution in [1.82, 2.24) is 9.80 Å². The maximum absolute atomic E-state index is 12.4. The molecular formula is C21H26ClN3O3. The number of rotatable bonds is 7. The smallest absolute Gasteiger partial charge is 0.411 e. The third-order valence-corrected chi connectivity index (χ3v) is 4.66. The lowest BCUT2D eigenvalue weighted by Gasteiger charge is -2.25. The molecule has 2 aromatic rings. The molecule has 0 saturated heterocycles. The summed E-state index contributed by atoms with van der Waals surface area (Å²) in [6, 6.07) is 14.8. The monoisotopic (exact) mass is 403 g/mol. The van der Waals surface area contributed by atoms with Gasteiger partial charge >= 0.3 is 12.1 Å². The molecule has 6 nitrogen and oxygen atoms in total. The van der Waals surface area contributed by atoms with Crippen LogP contribution in [0.3, 0.4) is 0 Å². The van der Waals surface area contributed by atoms with Crippen LogP contribution in [0, 0.1) is 0 Å². The highest BCUT2D eigenvalue weighted by Gasteiger charge is 2.16. The highest BCUT2D eigenvalue weighted by molar-refractivity contribution is 6.31. The van der Waals surface area contributed by atoms with E-state index in [1.54, 1.807) is 25.1 Å². The van der Waals surface area contributed by atoms with E-state index in [0.29, 0.717) is 17.3 Å². The van der Waals surface area contributed by atoms with Gasteiger partial charge in [-0.25, -0.2) is 9.59 Å². The summed E-state index contributed by atoms with van der Waals surface area (Å²) in [5.41, 5.74) is 2.74. The van der Waals surface area contributed by atoms with Gasteiger partial charge in [-0.3, -0.25) is 5.32 Å². The largest absolute Gasteiger partial charge is 0.447 e. The van der Waals surface area contributed by atoms with Gasteiger partial charge in [0, 0.05) is 31.4 Å². The molecule has 150 valence electrons. The van der Waals surface area contributed by atoms with Gasteiger partial charge in [0.1, 0.15) is 6.61 Å². The van der Waals surface area contributed by atoms with Crippen LogP contribution in [0.15, 0.2) is 48.5 Å². The molecule has 0 saturated carbocycles. The van der Waals surface area contributed by atoms with Crippen LogP contribution < -0.4 is 5.32 Å². The van der Waals surface area contributed by atoms with Crippen molar-refractivity contribution in [3.05, 3.63) is 64.7 Å². The molecule has 0 spiro atoms. The van der Waals surface area contributed by atoms with Crippen molar-refractivity contribution < 1.29 is 14.3 Å². The Morgan fingerprint density at radius 3 is 2.36 bits per heavy atom. The first-order valence-electron chi connectivity index (χ1n) is 9.13. The van der Waals surface area contributed by atoms with E-state index in [1.807, 2.05) is 42.5 Å². The molecule has 0 unspecified atom stereocenters. The van der Waals surface area contributed by atoms with E-state index >= 15 is 0 Å². The van der Waals surface area contributed by atoms with Crippen molar-refractivity contribution in [3.63, 3.8) is 0 Å². The SMILES string of the molecule is CCc1ccc(NC(=O)OCCN(C)C(=O)N(C)Cc2ccccc2Cl)cc1. The van der Waals surface area contributed by atoms with Gasteiger partial charge in [-0.2, -0.15) is 0 Å². The number of likely N-dealkylation sites (N-methyl/N-ethyl adjacent to an activating group) is 1. The minimum absolute atomic E-state index is 0.0983. The van der Waals surface area contributed by atoms with Gasteiger partial charge in [-0.05, 0) is 35.7 Å². The van der Waals surface area contributed by atoms with Crippen molar-refractivity contribution in [3.8, 4) is 0 Å². The zero-order valence-electron chi connectivity index (χ0n) is 16.4. The molecule has 7 heteroatoms. The van der Waals surface area contributed by atoms with Crippen molar-refractivity contribution in [1.29, 1.82) is 0 Å². The molecule has 28 heavy (non-hydrogen) atoms.